The van der Waals surface area contributed by atoms with Gasteiger partial charge in [-0.2, -0.15) is 12.6 Å². The number of rotatable bonds is 5. The fourth-order valence-electron chi connectivity index (χ4n) is 3.07. The van der Waals surface area contributed by atoms with Crippen LogP contribution in [0.2, 0.25) is 0 Å². The number of anilines is 1. The minimum Gasteiger partial charge on any atom is -0.389 e. The first-order valence-electron chi connectivity index (χ1n) is 9.07. The smallest absolute Gasteiger partial charge is 0.208 e. The Morgan fingerprint density at radius 3 is 2.88 bits per heavy atom. The van der Waals surface area contributed by atoms with Crippen LogP contribution in [0.4, 0.5) is 5.82 Å². The number of aliphatic hydroxyl groups is 1. The van der Waals surface area contributed by atoms with Crippen LogP contribution in [0.25, 0.3) is 11.2 Å². The van der Waals surface area contributed by atoms with Gasteiger partial charge in [0.25, 0.3) is 0 Å². The van der Waals surface area contributed by atoms with E-state index in [1.807, 2.05) is 0 Å². The van der Waals surface area contributed by atoms with Crippen LogP contribution in [0.15, 0.2) is 6.33 Å². The van der Waals surface area contributed by atoms with Gasteiger partial charge < -0.3 is 15.6 Å². The number of unbranched alkanes of at least 4 members (excludes halogenated alkanes) is 2. The number of aromatic nitrogens is 4. The summed E-state index contributed by atoms with van der Waals surface area (Å²) in [5, 5.41) is 10.0. The first-order valence-corrected chi connectivity index (χ1v) is 9.59. The summed E-state index contributed by atoms with van der Waals surface area (Å²) in [5.41, 5.74) is 7.08. The Labute approximate surface area is 158 Å². The number of hydrogen-bond donors (Lipinski definition) is 3. The number of nitrogens with zero attached hydrogens (tertiary/aromatic N) is 4. The van der Waals surface area contributed by atoms with E-state index in [1.54, 1.807) is 10.9 Å². The highest BCUT2D eigenvalue weighted by molar-refractivity contribution is 7.81. The normalized spacial score (nSPS) is 25.4. The second-order valence-corrected chi connectivity index (χ2v) is 7.09. The number of nitrogen functional groups attached to an aromatic ring is 1. The Hall–Kier alpha value is -1.82. The van der Waals surface area contributed by atoms with Gasteiger partial charge in [-0.25, -0.2) is 15.0 Å². The number of imidazole rings is 1. The van der Waals surface area contributed by atoms with Crippen molar-refractivity contribution in [1.29, 1.82) is 0 Å². The molecular formula is C18H25N5O2S. The van der Waals surface area contributed by atoms with Crippen LogP contribution >= 0.6 is 12.6 Å². The Bertz CT molecular complexity index is 828. The zero-order valence-electron chi connectivity index (χ0n) is 15.1. The molecule has 2 aromatic heterocycles. The molecule has 0 unspecified atom stereocenters. The summed E-state index contributed by atoms with van der Waals surface area (Å²) in [6, 6.07) is 0. The maximum atomic E-state index is 10.4. The summed E-state index contributed by atoms with van der Waals surface area (Å²) in [6.07, 6.45) is 4.87. The van der Waals surface area contributed by atoms with Crippen molar-refractivity contribution in [3.8, 4) is 11.8 Å². The molecule has 0 radical (unpaired) electrons. The van der Waals surface area contributed by atoms with Crippen molar-refractivity contribution in [1.82, 2.24) is 19.5 Å². The van der Waals surface area contributed by atoms with Crippen LogP contribution in [0, 0.1) is 11.8 Å². The summed E-state index contributed by atoms with van der Waals surface area (Å²) in [4.78, 5) is 13.0. The molecule has 3 heterocycles. The molecule has 3 rings (SSSR count). The molecular weight excluding hydrogens is 350 g/mol. The number of aliphatic hydroxyl groups excluding tert-OH is 1. The van der Waals surface area contributed by atoms with Crippen molar-refractivity contribution in [2.75, 3.05) is 5.73 Å². The van der Waals surface area contributed by atoms with E-state index in [0.29, 0.717) is 17.0 Å². The third-order valence-corrected chi connectivity index (χ3v) is 5.05. The van der Waals surface area contributed by atoms with Gasteiger partial charge in [-0.1, -0.05) is 32.6 Å². The van der Waals surface area contributed by atoms with Gasteiger partial charge in [-0.15, -0.1) is 0 Å². The van der Waals surface area contributed by atoms with Crippen molar-refractivity contribution >= 4 is 29.6 Å². The monoisotopic (exact) mass is 375 g/mol. The molecule has 7 nitrogen and oxygen atoms in total. The topological polar surface area (TPSA) is 99.1 Å². The van der Waals surface area contributed by atoms with Gasteiger partial charge >= 0.3 is 0 Å². The van der Waals surface area contributed by atoms with Crippen molar-refractivity contribution < 1.29 is 9.84 Å². The standard InChI is InChI=1S/C18H25N5O2S/c1-3-5-6-7-9-12-21-16(19)13-17(22-12)23(10-20-13)18-15(26)14(24)11(25-18)8-4-2/h10-11,14-15,18,24,26H,3-6,8H2,1-2H3,(H2,19,21,22)/t11-,14-,15-,18-/m1/s1. The number of ether oxygens (including phenoxy) is 1. The van der Waals surface area contributed by atoms with E-state index in [0.717, 1.165) is 32.1 Å². The Morgan fingerprint density at radius 1 is 1.35 bits per heavy atom. The van der Waals surface area contributed by atoms with Crippen molar-refractivity contribution in [3.63, 3.8) is 0 Å². The summed E-state index contributed by atoms with van der Waals surface area (Å²) in [6.45, 7) is 4.18. The Kier molecular flexibility index (Phi) is 6.01. The molecule has 1 saturated heterocycles. The lowest BCUT2D eigenvalue weighted by atomic mass is 10.1. The minimum atomic E-state index is -0.645. The third kappa shape index (κ3) is 3.65. The summed E-state index contributed by atoms with van der Waals surface area (Å²) in [5.74, 6) is 6.69. The Morgan fingerprint density at radius 2 is 2.15 bits per heavy atom. The van der Waals surface area contributed by atoms with Gasteiger partial charge in [-0.3, -0.25) is 4.57 Å². The zero-order valence-corrected chi connectivity index (χ0v) is 16.0. The maximum absolute atomic E-state index is 10.4. The third-order valence-electron chi connectivity index (χ3n) is 4.49. The zero-order chi connectivity index (χ0) is 18.7. The summed E-state index contributed by atoms with van der Waals surface area (Å²) in [7, 11) is 0. The second kappa shape index (κ2) is 8.25. The van der Waals surface area contributed by atoms with E-state index in [-0.39, 0.29) is 17.2 Å². The van der Waals surface area contributed by atoms with Gasteiger partial charge in [0.15, 0.2) is 17.7 Å². The number of fused-ring (bicyclic) bond motifs is 1. The molecule has 4 atom stereocenters. The molecule has 8 heteroatoms. The fourth-order valence-corrected chi connectivity index (χ4v) is 3.48. The van der Waals surface area contributed by atoms with Crippen LogP contribution in [0.3, 0.4) is 0 Å². The Balaban J connectivity index is 1.94. The number of thiol groups is 1. The highest BCUT2D eigenvalue weighted by atomic mass is 32.1. The van der Waals surface area contributed by atoms with Crippen molar-refractivity contribution in [2.45, 2.75) is 69.6 Å². The molecule has 0 bridgehead atoms. The molecule has 0 aliphatic carbocycles. The average Bonchev–Trinajstić information content (AvgIpc) is 3.16. The minimum absolute atomic E-state index is 0.252. The van der Waals surface area contributed by atoms with Gasteiger partial charge in [0.2, 0.25) is 5.82 Å². The van der Waals surface area contributed by atoms with Crippen molar-refractivity contribution in [2.24, 2.45) is 0 Å². The van der Waals surface area contributed by atoms with Crippen LogP contribution in [-0.4, -0.2) is 42.1 Å². The summed E-state index contributed by atoms with van der Waals surface area (Å²) < 4.78 is 7.80. The lowest BCUT2D eigenvalue weighted by Gasteiger charge is -2.16. The van der Waals surface area contributed by atoms with E-state index in [1.165, 1.54) is 0 Å². The quantitative estimate of drug-likeness (QED) is 0.421. The lowest BCUT2D eigenvalue weighted by Crippen LogP contribution is -2.27. The van der Waals surface area contributed by atoms with Crippen LogP contribution in [0.1, 0.15) is 58.0 Å². The second-order valence-electron chi connectivity index (χ2n) is 6.50. The first-order chi connectivity index (χ1) is 12.6. The lowest BCUT2D eigenvalue weighted by molar-refractivity contribution is -0.0207. The highest BCUT2D eigenvalue weighted by Crippen LogP contribution is 2.36. The molecule has 0 amide bonds. The number of nitrogens with two attached hydrogens (primary N) is 1. The van der Waals surface area contributed by atoms with Gasteiger partial charge in [-0.05, 0) is 18.8 Å². The van der Waals surface area contributed by atoms with Gasteiger partial charge in [0.1, 0.15) is 5.52 Å². The maximum Gasteiger partial charge on any atom is 0.208 e. The van der Waals surface area contributed by atoms with E-state index in [2.05, 4.69) is 53.3 Å². The predicted octanol–water partition coefficient (Wildman–Crippen LogP) is 2.31. The van der Waals surface area contributed by atoms with Crippen LogP contribution in [-0.2, 0) is 4.74 Å². The molecule has 1 aliphatic rings. The molecule has 0 spiro atoms. The van der Waals surface area contributed by atoms with E-state index in [9.17, 15) is 5.11 Å². The first kappa shape index (κ1) is 19.0. The molecule has 1 fully saturated rings. The van der Waals surface area contributed by atoms with Crippen molar-refractivity contribution in [3.05, 3.63) is 12.2 Å². The molecule has 140 valence electrons. The predicted molar refractivity (Wildman–Crippen MR) is 104 cm³/mol. The fraction of sp³-hybridized carbons (Fsp3) is 0.611. The molecule has 3 N–H and O–H groups in total. The highest BCUT2D eigenvalue weighted by Gasteiger charge is 2.42. The molecule has 0 aromatic carbocycles. The molecule has 26 heavy (non-hydrogen) atoms. The molecule has 1 aliphatic heterocycles. The van der Waals surface area contributed by atoms with Gasteiger partial charge in [0.05, 0.1) is 23.8 Å². The summed E-state index contributed by atoms with van der Waals surface area (Å²) >= 11 is 4.55. The van der Waals surface area contributed by atoms with Gasteiger partial charge in [0, 0.05) is 6.42 Å². The molecule has 2 aromatic rings. The van der Waals surface area contributed by atoms with Crippen LogP contribution in [0.5, 0.6) is 0 Å². The molecule has 0 saturated carbocycles. The largest absolute Gasteiger partial charge is 0.389 e. The number of hydrogen-bond acceptors (Lipinski definition) is 7. The van der Waals surface area contributed by atoms with E-state index >= 15 is 0 Å². The van der Waals surface area contributed by atoms with E-state index in [4.69, 9.17) is 10.5 Å². The average molecular weight is 375 g/mol. The van der Waals surface area contributed by atoms with Crippen LogP contribution < -0.4 is 5.73 Å². The SMILES string of the molecule is CCCCC#Cc1nc(N)c2ncn([C@@H]3O[C@H](CCC)[C@@H](O)[C@H]3S)c2n1. The van der Waals surface area contributed by atoms with E-state index < -0.39 is 12.3 Å².